The van der Waals surface area contributed by atoms with Crippen molar-refractivity contribution in [2.24, 2.45) is 5.41 Å². The minimum absolute atomic E-state index is 0.0328. The van der Waals surface area contributed by atoms with Gasteiger partial charge in [-0.15, -0.1) is 0 Å². The van der Waals surface area contributed by atoms with E-state index in [9.17, 15) is 23.5 Å². The molecule has 0 unspecified atom stereocenters. The molecule has 2 atom stereocenters. The highest BCUT2D eigenvalue weighted by Gasteiger charge is 2.42. The van der Waals surface area contributed by atoms with E-state index in [1.807, 2.05) is 11.3 Å². The van der Waals surface area contributed by atoms with E-state index in [4.69, 9.17) is 15.5 Å². The lowest BCUT2D eigenvalue weighted by atomic mass is 9.73. The molecule has 4 heterocycles. The van der Waals surface area contributed by atoms with Crippen molar-refractivity contribution in [1.82, 2.24) is 24.3 Å². The summed E-state index contributed by atoms with van der Waals surface area (Å²) in [6.45, 7) is 5.05. The number of morpholine rings is 1. The number of ether oxygens (including phenoxy) is 1. The number of carboxylic acids is 1. The zero-order valence-electron chi connectivity index (χ0n) is 25.0. The molecular weight excluding hydrogens is 584 g/mol. The number of carbonyl (C=O) groups excluding carboxylic acids is 1. The number of nitrogens with zero attached hydrogens (tertiary/aromatic N) is 5. The number of nitrogens with one attached hydrogen (secondary N) is 1. The molecule has 11 nitrogen and oxygen atoms in total. The van der Waals surface area contributed by atoms with Gasteiger partial charge < -0.3 is 20.9 Å². The van der Waals surface area contributed by atoms with E-state index in [-0.39, 0.29) is 29.6 Å². The van der Waals surface area contributed by atoms with Crippen LogP contribution >= 0.6 is 0 Å². The number of halogens is 2. The fraction of sp³-hybridized carbons (Fsp3) is 0.406. The van der Waals surface area contributed by atoms with Crippen LogP contribution in [0.4, 0.5) is 20.4 Å². The number of nitrogens with two attached hydrogens (primary N) is 1. The van der Waals surface area contributed by atoms with Crippen molar-refractivity contribution in [1.29, 1.82) is 0 Å². The van der Waals surface area contributed by atoms with Gasteiger partial charge in [-0.1, -0.05) is 12.1 Å². The monoisotopic (exact) mass is 619 g/mol. The quantitative estimate of drug-likeness (QED) is 0.249. The number of hydrogen-bond donors (Lipinski definition) is 3. The van der Waals surface area contributed by atoms with Gasteiger partial charge in [0.15, 0.2) is 0 Å². The van der Waals surface area contributed by atoms with Crippen LogP contribution in [0.15, 0.2) is 55.0 Å². The molecule has 6 rings (SSSR count). The Morgan fingerprint density at radius 3 is 2.56 bits per heavy atom. The molecule has 0 spiro atoms. The maximum absolute atomic E-state index is 13.1. The minimum atomic E-state index is -2.67. The number of aromatic nitrogens is 4. The second kappa shape index (κ2) is 12.1. The summed E-state index contributed by atoms with van der Waals surface area (Å²) in [4.78, 5) is 40.3. The number of fused-ring (bicyclic) bond motifs is 1. The lowest BCUT2D eigenvalue weighted by molar-refractivity contribution is -0.151. The van der Waals surface area contributed by atoms with Gasteiger partial charge in [0.25, 0.3) is 12.3 Å². The van der Waals surface area contributed by atoms with Crippen LogP contribution in [0.1, 0.15) is 73.8 Å². The van der Waals surface area contributed by atoms with Gasteiger partial charge in [-0.25, -0.2) is 23.7 Å². The molecule has 1 saturated heterocycles. The standard InChI is InChI=1S/C32H35F2N7O4/c1-18-17-45-23(16-41(18)22-7-10-32(2,11-8-22)31(43)44)29-39-25(26-28(35)37-13-14-40(26)29)19-3-5-20(6-4-19)30(42)38-24-15-21(27(33)34)9-12-36-24/h3-6,9,12-15,18,22-23,27H,7-8,10-11,16-17H2,1-2H3,(H2,35,37)(H,43,44)(H,36,38,42)/t18-,22?,23+,32?/m0/s1. The van der Waals surface area contributed by atoms with Crippen molar-refractivity contribution < 1.29 is 28.2 Å². The summed E-state index contributed by atoms with van der Waals surface area (Å²) in [5, 5.41) is 12.2. The van der Waals surface area contributed by atoms with Crippen molar-refractivity contribution in [2.45, 2.75) is 64.1 Å². The first-order valence-electron chi connectivity index (χ1n) is 14.9. The van der Waals surface area contributed by atoms with E-state index >= 15 is 0 Å². The van der Waals surface area contributed by atoms with Crippen LogP contribution in [0.25, 0.3) is 16.8 Å². The van der Waals surface area contributed by atoms with Crippen molar-refractivity contribution in [2.75, 3.05) is 24.2 Å². The molecule has 45 heavy (non-hydrogen) atoms. The molecule has 2 aliphatic rings. The largest absolute Gasteiger partial charge is 0.481 e. The molecule has 0 bridgehead atoms. The highest BCUT2D eigenvalue weighted by Crippen LogP contribution is 2.40. The predicted molar refractivity (Wildman–Crippen MR) is 163 cm³/mol. The Morgan fingerprint density at radius 2 is 1.87 bits per heavy atom. The van der Waals surface area contributed by atoms with Gasteiger partial charge in [-0.3, -0.25) is 18.9 Å². The number of alkyl halides is 2. The Kier molecular flexibility index (Phi) is 8.23. The Bertz CT molecular complexity index is 1720. The zero-order valence-corrected chi connectivity index (χ0v) is 25.0. The Hall–Kier alpha value is -4.49. The molecule has 1 saturated carbocycles. The summed E-state index contributed by atoms with van der Waals surface area (Å²) in [7, 11) is 0. The average molecular weight is 620 g/mol. The molecule has 4 N–H and O–H groups in total. The minimum Gasteiger partial charge on any atom is -0.481 e. The van der Waals surface area contributed by atoms with Crippen molar-refractivity contribution in [3.05, 3.63) is 71.9 Å². The average Bonchev–Trinajstić information content (AvgIpc) is 3.43. The van der Waals surface area contributed by atoms with Crippen LogP contribution in [-0.4, -0.2) is 66.5 Å². The number of nitrogen functional groups attached to an aromatic ring is 1. The summed E-state index contributed by atoms with van der Waals surface area (Å²) in [5.74, 6) is -0.233. The van der Waals surface area contributed by atoms with E-state index in [1.54, 1.807) is 36.7 Å². The summed E-state index contributed by atoms with van der Waals surface area (Å²) in [5.41, 5.74) is 7.64. The highest BCUT2D eigenvalue weighted by atomic mass is 19.3. The highest BCUT2D eigenvalue weighted by molar-refractivity contribution is 6.04. The third-order valence-electron chi connectivity index (χ3n) is 9.12. The van der Waals surface area contributed by atoms with E-state index < -0.39 is 23.7 Å². The summed E-state index contributed by atoms with van der Waals surface area (Å²) < 4.78 is 34.3. The zero-order chi connectivity index (χ0) is 31.9. The number of carbonyl (C=O) groups is 2. The van der Waals surface area contributed by atoms with Crippen molar-refractivity contribution >= 4 is 29.0 Å². The molecule has 3 aromatic heterocycles. The molecular formula is C32H35F2N7O4. The van der Waals surface area contributed by atoms with Gasteiger partial charge in [0.1, 0.15) is 34.8 Å². The fourth-order valence-corrected chi connectivity index (χ4v) is 6.36. The summed E-state index contributed by atoms with van der Waals surface area (Å²) in [6, 6.07) is 9.49. The molecule has 2 fully saturated rings. The number of amides is 1. The molecule has 4 aromatic rings. The van der Waals surface area contributed by atoms with E-state index in [0.717, 1.165) is 18.9 Å². The maximum Gasteiger partial charge on any atom is 0.309 e. The second-order valence-electron chi connectivity index (χ2n) is 12.1. The van der Waals surface area contributed by atoms with Gasteiger partial charge in [0.05, 0.1) is 12.0 Å². The van der Waals surface area contributed by atoms with E-state index in [1.165, 1.54) is 12.3 Å². The number of hydrogen-bond acceptors (Lipinski definition) is 8. The van der Waals surface area contributed by atoms with Crippen molar-refractivity contribution in [3.63, 3.8) is 0 Å². The fourth-order valence-electron chi connectivity index (χ4n) is 6.36. The number of pyridine rings is 1. The van der Waals surface area contributed by atoms with Crippen LogP contribution in [-0.2, 0) is 9.53 Å². The van der Waals surface area contributed by atoms with Gasteiger partial charge in [0.2, 0.25) is 0 Å². The number of rotatable bonds is 7. The van der Waals surface area contributed by atoms with Crippen LogP contribution in [0.2, 0.25) is 0 Å². The molecule has 13 heteroatoms. The van der Waals surface area contributed by atoms with Crippen LogP contribution < -0.4 is 11.1 Å². The number of imidazole rings is 1. The topological polar surface area (TPSA) is 148 Å². The second-order valence-corrected chi connectivity index (χ2v) is 12.1. The number of carboxylic acid groups (broad SMARTS) is 1. The van der Waals surface area contributed by atoms with Gasteiger partial charge in [0, 0.05) is 53.9 Å². The summed E-state index contributed by atoms with van der Waals surface area (Å²) >= 11 is 0. The summed E-state index contributed by atoms with van der Waals surface area (Å²) in [6.07, 6.45) is 4.46. The van der Waals surface area contributed by atoms with Crippen LogP contribution in [0.3, 0.4) is 0 Å². The Morgan fingerprint density at radius 1 is 1.13 bits per heavy atom. The molecule has 1 aromatic carbocycles. The number of anilines is 2. The smallest absolute Gasteiger partial charge is 0.309 e. The molecule has 1 aliphatic carbocycles. The number of benzene rings is 1. The molecule has 1 aliphatic heterocycles. The molecule has 0 radical (unpaired) electrons. The van der Waals surface area contributed by atoms with Crippen molar-refractivity contribution in [3.8, 4) is 11.3 Å². The molecule has 236 valence electrons. The van der Waals surface area contributed by atoms with Crippen LogP contribution in [0.5, 0.6) is 0 Å². The SMILES string of the molecule is C[C@H]1CO[C@@H](c2nc(-c3ccc(C(=O)Nc4cc(C(F)F)ccn4)cc3)c3c(N)nccn23)CN1C1CCC(C)(C(=O)O)CC1. The Labute approximate surface area is 258 Å². The van der Waals surface area contributed by atoms with Gasteiger partial charge in [-0.05, 0) is 63.8 Å². The lowest BCUT2D eigenvalue weighted by Crippen LogP contribution is -2.52. The first kappa shape index (κ1) is 30.5. The molecule has 1 amide bonds. The third kappa shape index (κ3) is 5.97. The normalized spacial score (nSPS) is 24.2. The van der Waals surface area contributed by atoms with E-state index in [2.05, 4.69) is 27.1 Å². The van der Waals surface area contributed by atoms with Crippen LogP contribution in [0, 0.1) is 5.41 Å². The number of aliphatic carboxylic acids is 1. The lowest BCUT2D eigenvalue weighted by Gasteiger charge is -2.46. The first-order valence-corrected chi connectivity index (χ1v) is 14.9. The van der Waals surface area contributed by atoms with Gasteiger partial charge >= 0.3 is 5.97 Å². The Balaban J connectivity index is 1.24. The predicted octanol–water partition coefficient (Wildman–Crippen LogP) is 5.36. The van der Waals surface area contributed by atoms with E-state index in [0.29, 0.717) is 60.0 Å². The first-order chi connectivity index (χ1) is 21.5. The maximum atomic E-state index is 13.1. The van der Waals surface area contributed by atoms with Gasteiger partial charge in [-0.2, -0.15) is 0 Å². The third-order valence-corrected chi connectivity index (χ3v) is 9.12.